The lowest BCUT2D eigenvalue weighted by molar-refractivity contribution is -0.139. The molecule has 0 bridgehead atoms. The van der Waals surface area contributed by atoms with Gasteiger partial charge in [0.05, 0.1) is 14.2 Å². The minimum atomic E-state index is -0.899. The highest BCUT2D eigenvalue weighted by Crippen LogP contribution is 2.37. The number of benzene rings is 1. The number of carbonyl (C=O) groups is 2. The maximum absolute atomic E-state index is 13.3. The lowest BCUT2D eigenvalue weighted by Gasteiger charge is -2.45. The van der Waals surface area contributed by atoms with E-state index in [0.717, 1.165) is 12.0 Å². The average molecular weight is 405 g/mol. The Morgan fingerprint density at radius 2 is 1.69 bits per heavy atom. The number of rotatable bonds is 3. The molecule has 160 valence electrons. The molecule has 0 radical (unpaired) electrons. The summed E-state index contributed by atoms with van der Waals surface area (Å²) in [6, 6.07) is 3.79. The van der Waals surface area contributed by atoms with E-state index in [9.17, 15) is 14.7 Å². The number of nitrogens with zero attached hydrogens (tertiary/aromatic N) is 2. The van der Waals surface area contributed by atoms with Crippen molar-refractivity contribution in [2.45, 2.75) is 52.6 Å². The summed E-state index contributed by atoms with van der Waals surface area (Å²) >= 11 is 0. The second-order valence-electron chi connectivity index (χ2n) is 9.06. The van der Waals surface area contributed by atoms with E-state index in [1.807, 2.05) is 37.8 Å². The van der Waals surface area contributed by atoms with Crippen molar-refractivity contribution in [3.8, 4) is 11.5 Å². The Balaban J connectivity index is 1.75. The lowest BCUT2D eigenvalue weighted by Crippen LogP contribution is -2.54. The average Bonchev–Trinajstić information content (AvgIpc) is 2.70. The molecular formula is C22H32N2O5. The summed E-state index contributed by atoms with van der Waals surface area (Å²) in [6.45, 7) is 7.74. The molecule has 2 aliphatic rings. The quantitative estimate of drug-likeness (QED) is 0.835. The molecule has 3 rings (SSSR count). The fraction of sp³-hybridized carbons (Fsp3) is 0.636. The normalized spacial score (nSPS) is 22.1. The van der Waals surface area contributed by atoms with Gasteiger partial charge in [-0.25, -0.2) is 4.79 Å². The van der Waals surface area contributed by atoms with E-state index in [1.165, 1.54) is 10.5 Å². The van der Waals surface area contributed by atoms with Gasteiger partial charge in [-0.15, -0.1) is 0 Å². The van der Waals surface area contributed by atoms with E-state index < -0.39 is 6.09 Å². The van der Waals surface area contributed by atoms with Crippen molar-refractivity contribution < 1.29 is 24.2 Å². The van der Waals surface area contributed by atoms with Crippen LogP contribution in [-0.2, 0) is 17.8 Å². The predicted octanol–water partition coefficient (Wildman–Crippen LogP) is 3.39. The van der Waals surface area contributed by atoms with Gasteiger partial charge in [-0.05, 0) is 47.9 Å². The second kappa shape index (κ2) is 8.13. The summed E-state index contributed by atoms with van der Waals surface area (Å²) in [5.41, 5.74) is 2.05. The highest BCUT2D eigenvalue weighted by atomic mass is 16.5. The molecule has 7 heteroatoms. The largest absolute Gasteiger partial charge is 0.493 e. The molecule has 0 spiro atoms. The van der Waals surface area contributed by atoms with Gasteiger partial charge in [-0.2, -0.15) is 0 Å². The molecule has 7 nitrogen and oxygen atoms in total. The monoisotopic (exact) mass is 404 g/mol. The molecule has 2 atom stereocenters. The van der Waals surface area contributed by atoms with Gasteiger partial charge in [0.2, 0.25) is 5.91 Å². The van der Waals surface area contributed by atoms with E-state index in [1.54, 1.807) is 14.2 Å². The highest BCUT2D eigenvalue weighted by Gasteiger charge is 2.42. The zero-order chi connectivity index (χ0) is 21.3. The number of likely N-dealkylation sites (tertiary alicyclic amines) is 1. The van der Waals surface area contributed by atoms with Crippen LogP contribution < -0.4 is 9.47 Å². The van der Waals surface area contributed by atoms with Gasteiger partial charge < -0.3 is 24.4 Å². The number of piperidine rings is 1. The van der Waals surface area contributed by atoms with E-state index in [-0.39, 0.29) is 23.3 Å². The van der Waals surface area contributed by atoms with Crippen LogP contribution in [0.3, 0.4) is 0 Å². The number of hydrogen-bond acceptors (Lipinski definition) is 4. The zero-order valence-electron chi connectivity index (χ0n) is 18.0. The Bertz CT molecular complexity index is 786. The molecule has 2 unspecified atom stereocenters. The van der Waals surface area contributed by atoms with Crippen LogP contribution in [0, 0.1) is 11.3 Å². The maximum atomic E-state index is 13.3. The number of amides is 2. The van der Waals surface area contributed by atoms with E-state index in [0.29, 0.717) is 44.0 Å². The van der Waals surface area contributed by atoms with Crippen LogP contribution in [0.1, 0.15) is 44.7 Å². The van der Waals surface area contributed by atoms with Gasteiger partial charge in [-0.3, -0.25) is 4.79 Å². The number of hydrogen-bond donors (Lipinski definition) is 1. The molecule has 1 fully saturated rings. The first-order valence-corrected chi connectivity index (χ1v) is 10.2. The topological polar surface area (TPSA) is 79.3 Å². The van der Waals surface area contributed by atoms with Crippen molar-refractivity contribution in [2.24, 2.45) is 11.3 Å². The van der Waals surface area contributed by atoms with Crippen molar-refractivity contribution in [2.75, 3.05) is 27.3 Å². The smallest absolute Gasteiger partial charge is 0.407 e. The summed E-state index contributed by atoms with van der Waals surface area (Å²) in [7, 11) is 3.23. The highest BCUT2D eigenvalue weighted by molar-refractivity contribution is 5.80. The van der Waals surface area contributed by atoms with Gasteiger partial charge in [0.15, 0.2) is 11.5 Å². The van der Waals surface area contributed by atoms with Crippen LogP contribution in [-0.4, -0.2) is 60.3 Å². The minimum absolute atomic E-state index is 0.129. The Morgan fingerprint density at radius 3 is 2.24 bits per heavy atom. The summed E-state index contributed by atoms with van der Waals surface area (Å²) in [5, 5.41) is 9.56. The molecule has 1 aromatic carbocycles. The van der Waals surface area contributed by atoms with E-state index in [2.05, 4.69) is 0 Å². The molecule has 2 aliphatic heterocycles. The van der Waals surface area contributed by atoms with Crippen LogP contribution in [0.5, 0.6) is 11.5 Å². The first-order valence-electron chi connectivity index (χ1n) is 10.2. The number of carboxylic acid groups (broad SMARTS) is 1. The summed E-state index contributed by atoms with van der Waals surface area (Å²) in [5.74, 6) is 1.37. The SMILES string of the molecule is COc1cc2c(cc1OC)CN(C(=O)C1CCN(C(=O)O)C(C(C)(C)C)C1)CC2. The van der Waals surface area contributed by atoms with Gasteiger partial charge >= 0.3 is 6.09 Å². The Kier molecular flexibility index (Phi) is 5.96. The molecular weight excluding hydrogens is 372 g/mol. The van der Waals surface area contributed by atoms with Crippen LogP contribution in [0.25, 0.3) is 0 Å². The Morgan fingerprint density at radius 1 is 1.07 bits per heavy atom. The van der Waals surface area contributed by atoms with Crippen LogP contribution in [0.15, 0.2) is 12.1 Å². The molecule has 1 N–H and O–H groups in total. The fourth-order valence-corrected chi connectivity index (χ4v) is 4.57. The van der Waals surface area contributed by atoms with Gasteiger partial charge in [0, 0.05) is 31.6 Å². The fourth-order valence-electron chi connectivity index (χ4n) is 4.57. The van der Waals surface area contributed by atoms with Gasteiger partial charge in [0.1, 0.15) is 0 Å². The van der Waals surface area contributed by atoms with Gasteiger partial charge in [-0.1, -0.05) is 20.8 Å². The summed E-state index contributed by atoms with van der Waals surface area (Å²) < 4.78 is 10.8. The number of fused-ring (bicyclic) bond motifs is 1. The predicted molar refractivity (Wildman–Crippen MR) is 109 cm³/mol. The van der Waals surface area contributed by atoms with Crippen molar-refractivity contribution >= 4 is 12.0 Å². The molecule has 2 heterocycles. The summed E-state index contributed by atoms with van der Waals surface area (Å²) in [6.07, 6.45) is 1.03. The van der Waals surface area contributed by atoms with Crippen LogP contribution >= 0.6 is 0 Å². The number of ether oxygens (including phenoxy) is 2. The maximum Gasteiger partial charge on any atom is 0.407 e. The Hall–Kier alpha value is -2.44. The lowest BCUT2D eigenvalue weighted by atomic mass is 9.76. The summed E-state index contributed by atoms with van der Waals surface area (Å²) in [4.78, 5) is 28.4. The molecule has 2 amide bonds. The van der Waals surface area contributed by atoms with Crippen molar-refractivity contribution in [3.05, 3.63) is 23.3 Å². The molecule has 0 aliphatic carbocycles. The van der Waals surface area contributed by atoms with Crippen molar-refractivity contribution in [1.82, 2.24) is 9.80 Å². The molecule has 0 aromatic heterocycles. The first-order chi connectivity index (χ1) is 13.7. The van der Waals surface area contributed by atoms with Gasteiger partial charge in [0.25, 0.3) is 0 Å². The standard InChI is InChI=1S/C22H32N2O5/c1-22(2,3)19-12-15(7-9-24(19)21(26)27)20(25)23-8-6-14-10-17(28-4)18(29-5)11-16(14)13-23/h10-11,15,19H,6-9,12-13H2,1-5H3,(H,26,27). The zero-order valence-corrected chi connectivity index (χ0v) is 18.0. The van der Waals surface area contributed by atoms with Crippen LogP contribution in [0.4, 0.5) is 4.79 Å². The molecule has 0 saturated carbocycles. The van der Waals surface area contributed by atoms with E-state index >= 15 is 0 Å². The molecule has 1 saturated heterocycles. The third kappa shape index (κ3) is 4.28. The second-order valence-corrected chi connectivity index (χ2v) is 9.06. The minimum Gasteiger partial charge on any atom is -0.493 e. The third-order valence-corrected chi connectivity index (χ3v) is 6.23. The molecule has 29 heavy (non-hydrogen) atoms. The van der Waals surface area contributed by atoms with Crippen molar-refractivity contribution in [3.63, 3.8) is 0 Å². The molecule has 1 aromatic rings. The first kappa shape index (κ1) is 21.3. The van der Waals surface area contributed by atoms with Crippen LogP contribution in [0.2, 0.25) is 0 Å². The third-order valence-electron chi connectivity index (χ3n) is 6.23. The number of carbonyl (C=O) groups excluding carboxylic acids is 1. The number of methoxy groups -OCH3 is 2. The van der Waals surface area contributed by atoms with Crippen molar-refractivity contribution in [1.29, 1.82) is 0 Å². The Labute approximate surface area is 172 Å². The van der Waals surface area contributed by atoms with E-state index in [4.69, 9.17) is 9.47 Å².